The number of aliphatic carboxylic acids is 2. The fourth-order valence-electron chi connectivity index (χ4n) is 4.90. The standard InChI is InChI=1S/C35H33NO9/c37-33(38)10-5-15-42-30-9-4-8-25(29(30)12-14-34(39)40)21-43-28-17-26(24-11-13-31-32(19-24)45-22-44-31)16-27(18-28)35(41)36-20-23-6-2-1-3-7-23/h1-4,6-9,11,13,16-19H,5,10,12,14-15,20-22H2,(H,36,41)(H,37,38)(H,39,40). The van der Waals surface area contributed by atoms with Gasteiger partial charge in [-0.15, -0.1) is 0 Å². The normalized spacial score (nSPS) is 11.6. The molecule has 45 heavy (non-hydrogen) atoms. The van der Waals surface area contributed by atoms with Gasteiger partial charge in [0.2, 0.25) is 6.79 Å². The Bertz CT molecular complexity index is 1670. The molecule has 232 valence electrons. The SMILES string of the molecule is O=C(O)CCCOc1cccc(COc2cc(C(=O)NCc3ccccc3)cc(-c3ccc4c(c3)OCO4)c2)c1CCC(=O)O. The Kier molecular flexibility index (Phi) is 10.2. The Morgan fingerprint density at radius 1 is 0.778 bits per heavy atom. The highest BCUT2D eigenvalue weighted by molar-refractivity contribution is 5.96. The number of carbonyl (C=O) groups is 3. The summed E-state index contributed by atoms with van der Waals surface area (Å²) < 4.78 is 23.1. The Hall–Kier alpha value is -5.51. The molecule has 0 saturated carbocycles. The topological polar surface area (TPSA) is 141 Å². The number of rotatable bonds is 15. The third-order valence-corrected chi connectivity index (χ3v) is 7.18. The molecule has 0 saturated heterocycles. The Morgan fingerprint density at radius 2 is 1.58 bits per heavy atom. The van der Waals surface area contributed by atoms with Crippen LogP contribution in [0.3, 0.4) is 0 Å². The van der Waals surface area contributed by atoms with Gasteiger partial charge >= 0.3 is 11.9 Å². The van der Waals surface area contributed by atoms with Crippen LogP contribution in [0.1, 0.15) is 46.3 Å². The molecule has 0 spiro atoms. The van der Waals surface area contributed by atoms with Crippen molar-refractivity contribution in [1.82, 2.24) is 5.32 Å². The second-order valence-electron chi connectivity index (χ2n) is 10.4. The van der Waals surface area contributed by atoms with E-state index in [4.69, 9.17) is 24.1 Å². The quantitative estimate of drug-likeness (QED) is 0.141. The summed E-state index contributed by atoms with van der Waals surface area (Å²) in [6.07, 6.45) is 0.367. The first-order valence-electron chi connectivity index (χ1n) is 14.5. The fourth-order valence-corrected chi connectivity index (χ4v) is 4.90. The minimum absolute atomic E-state index is 0.0335. The molecule has 4 aromatic rings. The molecule has 0 atom stereocenters. The summed E-state index contributed by atoms with van der Waals surface area (Å²) in [5, 5.41) is 21.2. The summed E-state index contributed by atoms with van der Waals surface area (Å²) >= 11 is 0. The van der Waals surface area contributed by atoms with Crippen LogP contribution in [0, 0.1) is 0 Å². The highest BCUT2D eigenvalue weighted by Crippen LogP contribution is 2.37. The number of amides is 1. The molecule has 0 radical (unpaired) electrons. The predicted molar refractivity (Wildman–Crippen MR) is 165 cm³/mol. The van der Waals surface area contributed by atoms with E-state index in [9.17, 15) is 19.5 Å². The Balaban J connectivity index is 1.40. The first-order chi connectivity index (χ1) is 21.9. The first-order valence-corrected chi connectivity index (χ1v) is 14.5. The summed E-state index contributed by atoms with van der Waals surface area (Å²) in [5.41, 5.74) is 4.29. The van der Waals surface area contributed by atoms with Gasteiger partial charge in [0.1, 0.15) is 18.1 Å². The molecular weight excluding hydrogens is 578 g/mol. The van der Waals surface area contributed by atoms with E-state index in [1.165, 1.54) is 0 Å². The Labute approximate surface area is 260 Å². The van der Waals surface area contributed by atoms with Crippen molar-refractivity contribution in [2.45, 2.75) is 38.8 Å². The lowest BCUT2D eigenvalue weighted by atomic mass is 10.0. The van der Waals surface area contributed by atoms with Crippen molar-refractivity contribution in [3.63, 3.8) is 0 Å². The summed E-state index contributed by atoms with van der Waals surface area (Å²) in [6.45, 7) is 0.755. The van der Waals surface area contributed by atoms with Crippen LogP contribution in [-0.2, 0) is 29.2 Å². The van der Waals surface area contributed by atoms with E-state index in [0.29, 0.717) is 47.1 Å². The minimum atomic E-state index is -0.954. The average Bonchev–Trinajstić information content (AvgIpc) is 3.52. The molecule has 0 unspecified atom stereocenters. The molecule has 10 nitrogen and oxygen atoms in total. The number of fused-ring (bicyclic) bond motifs is 1. The van der Waals surface area contributed by atoms with E-state index in [1.54, 1.807) is 24.3 Å². The number of ether oxygens (including phenoxy) is 4. The monoisotopic (exact) mass is 611 g/mol. The van der Waals surface area contributed by atoms with Crippen molar-refractivity contribution in [2.24, 2.45) is 0 Å². The molecule has 1 aliphatic rings. The second kappa shape index (κ2) is 14.8. The molecule has 1 aliphatic heterocycles. The van der Waals surface area contributed by atoms with Gasteiger partial charge in [-0.05, 0) is 71.5 Å². The highest BCUT2D eigenvalue weighted by Gasteiger charge is 2.17. The van der Waals surface area contributed by atoms with E-state index < -0.39 is 11.9 Å². The molecule has 10 heteroatoms. The molecule has 1 amide bonds. The van der Waals surface area contributed by atoms with E-state index in [0.717, 1.165) is 22.3 Å². The average molecular weight is 612 g/mol. The number of carboxylic acid groups (broad SMARTS) is 2. The van der Waals surface area contributed by atoms with Gasteiger partial charge in [0.25, 0.3) is 5.91 Å². The van der Waals surface area contributed by atoms with Gasteiger partial charge in [0.15, 0.2) is 11.5 Å². The van der Waals surface area contributed by atoms with Crippen LogP contribution in [0.25, 0.3) is 11.1 Å². The molecule has 0 bridgehead atoms. The van der Waals surface area contributed by atoms with Gasteiger partial charge in [-0.2, -0.15) is 0 Å². The molecule has 4 aromatic carbocycles. The number of hydrogen-bond donors (Lipinski definition) is 3. The molecule has 5 rings (SSSR count). The zero-order chi connectivity index (χ0) is 31.6. The van der Waals surface area contributed by atoms with E-state index in [2.05, 4.69) is 5.32 Å². The van der Waals surface area contributed by atoms with Gasteiger partial charge in [-0.3, -0.25) is 14.4 Å². The van der Waals surface area contributed by atoms with Crippen molar-refractivity contribution in [3.05, 3.63) is 107 Å². The van der Waals surface area contributed by atoms with Crippen LogP contribution < -0.4 is 24.3 Å². The molecular formula is C35H33NO9. The number of hydrogen-bond acceptors (Lipinski definition) is 7. The lowest BCUT2D eigenvalue weighted by Crippen LogP contribution is -2.22. The number of nitrogens with one attached hydrogen (secondary N) is 1. The lowest BCUT2D eigenvalue weighted by molar-refractivity contribution is -0.138. The third-order valence-electron chi connectivity index (χ3n) is 7.18. The van der Waals surface area contributed by atoms with Gasteiger partial charge in [-0.1, -0.05) is 48.5 Å². The second-order valence-corrected chi connectivity index (χ2v) is 10.4. The maximum absolute atomic E-state index is 13.3. The Morgan fingerprint density at radius 3 is 2.38 bits per heavy atom. The van der Waals surface area contributed by atoms with Crippen molar-refractivity contribution in [2.75, 3.05) is 13.4 Å². The van der Waals surface area contributed by atoms with Gasteiger partial charge in [-0.25, -0.2) is 0 Å². The number of carboxylic acids is 2. The van der Waals surface area contributed by atoms with Crippen LogP contribution in [0.15, 0.2) is 84.9 Å². The van der Waals surface area contributed by atoms with Gasteiger partial charge in [0.05, 0.1) is 6.61 Å². The molecule has 0 aromatic heterocycles. The fraction of sp³-hybridized carbons (Fsp3) is 0.229. The summed E-state index contributed by atoms with van der Waals surface area (Å²) in [4.78, 5) is 35.6. The number of benzene rings is 4. The van der Waals surface area contributed by atoms with E-state index in [-0.39, 0.29) is 45.2 Å². The van der Waals surface area contributed by atoms with Gasteiger partial charge in [0, 0.05) is 30.5 Å². The summed E-state index contributed by atoms with van der Waals surface area (Å²) in [5.74, 6) is 0.0335. The lowest BCUT2D eigenvalue weighted by Gasteiger charge is -2.17. The maximum Gasteiger partial charge on any atom is 0.303 e. The maximum atomic E-state index is 13.3. The smallest absolute Gasteiger partial charge is 0.303 e. The zero-order valence-electron chi connectivity index (χ0n) is 24.5. The van der Waals surface area contributed by atoms with E-state index >= 15 is 0 Å². The van der Waals surface area contributed by atoms with Gasteiger partial charge < -0.3 is 34.5 Å². The van der Waals surface area contributed by atoms with Crippen LogP contribution in [0.4, 0.5) is 0 Å². The van der Waals surface area contributed by atoms with Crippen LogP contribution in [0.2, 0.25) is 0 Å². The minimum Gasteiger partial charge on any atom is -0.493 e. The summed E-state index contributed by atoms with van der Waals surface area (Å²) in [6, 6.07) is 25.8. The molecule has 0 aliphatic carbocycles. The van der Waals surface area contributed by atoms with Crippen LogP contribution >= 0.6 is 0 Å². The third kappa shape index (κ3) is 8.54. The van der Waals surface area contributed by atoms with Crippen LogP contribution in [0.5, 0.6) is 23.0 Å². The van der Waals surface area contributed by atoms with E-state index in [1.807, 2.05) is 60.7 Å². The number of carbonyl (C=O) groups excluding carboxylic acids is 1. The first kappa shape index (κ1) is 30.9. The van der Waals surface area contributed by atoms with Crippen molar-refractivity contribution in [3.8, 4) is 34.1 Å². The van der Waals surface area contributed by atoms with Crippen molar-refractivity contribution in [1.29, 1.82) is 0 Å². The largest absolute Gasteiger partial charge is 0.493 e. The van der Waals surface area contributed by atoms with Crippen molar-refractivity contribution < 1.29 is 43.5 Å². The molecule has 0 fully saturated rings. The molecule has 3 N–H and O–H groups in total. The highest BCUT2D eigenvalue weighted by atomic mass is 16.7. The summed E-state index contributed by atoms with van der Waals surface area (Å²) in [7, 11) is 0. The predicted octanol–water partition coefficient (Wildman–Crippen LogP) is 5.85. The molecule has 1 heterocycles. The van der Waals surface area contributed by atoms with Crippen LogP contribution in [-0.4, -0.2) is 41.5 Å². The zero-order valence-corrected chi connectivity index (χ0v) is 24.5. The van der Waals surface area contributed by atoms with Crippen molar-refractivity contribution >= 4 is 17.8 Å².